The van der Waals surface area contributed by atoms with Gasteiger partial charge in [0.05, 0.1) is 13.3 Å². The molecule has 0 bridgehead atoms. The molecule has 8 amide bonds. The highest BCUT2D eigenvalue weighted by Crippen LogP contribution is 1.64. The Morgan fingerprint density at radius 2 is 1.00 bits per heavy atom. The number of urea groups is 4. The van der Waals surface area contributed by atoms with E-state index in [1.165, 1.54) is 0 Å². The van der Waals surface area contributed by atoms with E-state index in [2.05, 4.69) is 27.0 Å². The van der Waals surface area contributed by atoms with Crippen LogP contribution in [0.25, 0.3) is 0 Å². The molecule has 0 fully saturated rings. The quantitative estimate of drug-likeness (QED) is 0.217. The van der Waals surface area contributed by atoms with Crippen LogP contribution in [-0.2, 0) is 0 Å². The van der Waals surface area contributed by atoms with Gasteiger partial charge in [-0.2, -0.15) is 0 Å². The van der Waals surface area contributed by atoms with Gasteiger partial charge in [-0.05, 0) is 0 Å². The second kappa shape index (κ2) is 14.4. The summed E-state index contributed by atoms with van der Waals surface area (Å²) in [5.74, 6) is 0. The topological polar surface area (TPSA) is 233 Å². The number of nitrogens with one attached hydrogen (secondary N) is 6. The Morgan fingerprint density at radius 3 is 1.32 bits per heavy atom. The van der Waals surface area contributed by atoms with Crippen LogP contribution in [-0.4, -0.2) is 61.1 Å². The molecule has 14 heteroatoms. The second-order valence-electron chi connectivity index (χ2n) is 3.12. The molecule has 0 saturated carbocycles. The van der Waals surface area contributed by atoms with Crippen LogP contribution in [0.4, 0.5) is 19.2 Å². The first-order valence-corrected chi connectivity index (χ1v) is 5.65. The van der Waals surface area contributed by atoms with Crippen molar-refractivity contribution in [1.82, 2.24) is 31.9 Å². The Hall–Kier alpha value is -3.00. The number of nitrogens with two attached hydrogens (primary N) is 2. The fraction of sp³-hybridized carbons (Fsp3) is 0.500. The first-order valence-electron chi connectivity index (χ1n) is 5.65. The summed E-state index contributed by atoms with van der Waals surface area (Å²) in [5.41, 5.74) is 9.23. The van der Waals surface area contributed by atoms with E-state index in [1.54, 1.807) is 0 Å². The summed E-state index contributed by atoms with van der Waals surface area (Å²) in [6.07, 6.45) is 0. The maximum atomic E-state index is 10.9. The molecule has 0 aromatic rings. The van der Waals surface area contributed by atoms with Gasteiger partial charge in [-0.25, -0.2) is 19.2 Å². The summed E-state index contributed by atoms with van der Waals surface area (Å²) in [6, 6.07) is -2.70. The minimum atomic E-state index is -0.763. The summed E-state index contributed by atoms with van der Waals surface area (Å²) in [7, 11) is 0. The van der Waals surface area contributed by atoms with Gasteiger partial charge in [0, 0.05) is 0 Å². The fourth-order valence-corrected chi connectivity index (χ4v) is 0.691. The second-order valence-corrected chi connectivity index (χ2v) is 3.12. The van der Waals surface area contributed by atoms with E-state index in [1.807, 2.05) is 10.6 Å². The Morgan fingerprint density at radius 1 is 0.636 bits per heavy atom. The molecule has 0 heterocycles. The molecular weight excluding hydrogens is 304 g/mol. The molecule has 0 aliphatic heterocycles. The van der Waals surface area contributed by atoms with Crippen molar-refractivity contribution in [3.05, 3.63) is 0 Å². The molecule has 0 aliphatic rings. The molecule has 22 heavy (non-hydrogen) atoms. The molecular formula is C8H20N8O6. The van der Waals surface area contributed by atoms with Gasteiger partial charge in [0.2, 0.25) is 0 Å². The first kappa shape index (κ1) is 21.3. The summed E-state index contributed by atoms with van der Waals surface area (Å²) in [5, 5.41) is 28.9. The number of carbonyl (C=O) groups excluding carboxylic acids is 4. The van der Waals surface area contributed by atoms with E-state index >= 15 is 0 Å². The molecule has 0 spiro atoms. The van der Waals surface area contributed by atoms with E-state index in [0.717, 1.165) is 0 Å². The highest BCUT2D eigenvalue weighted by molar-refractivity contribution is 5.77. The molecule has 0 aliphatic carbocycles. The molecule has 0 aromatic carbocycles. The number of hydrogen-bond donors (Lipinski definition) is 10. The van der Waals surface area contributed by atoms with E-state index in [9.17, 15) is 19.2 Å². The maximum absolute atomic E-state index is 10.9. The summed E-state index contributed by atoms with van der Waals surface area (Å²) in [4.78, 5) is 41.4. The van der Waals surface area contributed by atoms with Gasteiger partial charge in [-0.15, -0.1) is 0 Å². The largest absolute Gasteiger partial charge is 0.376 e. The fourth-order valence-electron chi connectivity index (χ4n) is 0.691. The number of aliphatic hydroxyl groups is 2. The van der Waals surface area contributed by atoms with Crippen LogP contribution in [0, 0.1) is 0 Å². The lowest BCUT2D eigenvalue weighted by atomic mass is 10.8. The zero-order valence-corrected chi connectivity index (χ0v) is 11.5. The van der Waals surface area contributed by atoms with Crippen molar-refractivity contribution < 1.29 is 29.4 Å². The van der Waals surface area contributed by atoms with E-state index in [0.29, 0.717) is 0 Å². The third-order valence-electron chi connectivity index (χ3n) is 1.50. The molecule has 0 radical (unpaired) electrons. The summed E-state index contributed by atoms with van der Waals surface area (Å²) in [6.45, 7) is -1.14. The van der Waals surface area contributed by atoms with E-state index in [4.69, 9.17) is 15.9 Å². The van der Waals surface area contributed by atoms with Crippen LogP contribution >= 0.6 is 0 Å². The zero-order valence-electron chi connectivity index (χ0n) is 11.5. The number of carbonyl (C=O) groups is 4. The average molecular weight is 324 g/mol. The van der Waals surface area contributed by atoms with Crippen LogP contribution in [0.2, 0.25) is 0 Å². The Bertz CT molecular complexity index is 365. The minimum Gasteiger partial charge on any atom is -0.376 e. The van der Waals surface area contributed by atoms with Crippen LogP contribution in [0.1, 0.15) is 0 Å². The highest BCUT2D eigenvalue weighted by Gasteiger charge is 2.00. The molecule has 0 saturated heterocycles. The van der Waals surface area contributed by atoms with E-state index in [-0.39, 0.29) is 13.3 Å². The smallest absolute Gasteiger partial charge is 0.317 e. The van der Waals surface area contributed by atoms with Gasteiger partial charge >= 0.3 is 24.1 Å². The predicted octanol–water partition coefficient (Wildman–Crippen LogP) is -4.28. The van der Waals surface area contributed by atoms with Gasteiger partial charge in [0.15, 0.2) is 0 Å². The van der Waals surface area contributed by atoms with Gasteiger partial charge in [0.25, 0.3) is 0 Å². The number of aliphatic hydroxyl groups excluding tert-OH is 2. The number of amides is 8. The molecule has 12 N–H and O–H groups in total. The molecule has 0 unspecified atom stereocenters. The van der Waals surface area contributed by atoms with Gasteiger partial charge in [0.1, 0.15) is 13.5 Å². The SMILES string of the molecule is NC(=O)NCNC(=O)NCNC(=O)NCO.NC(=O)NCO. The minimum absolute atomic E-state index is 0.121. The normalized spacial score (nSPS) is 8.45. The molecule has 0 aromatic heterocycles. The van der Waals surface area contributed by atoms with Crippen LogP contribution < -0.4 is 43.4 Å². The summed E-state index contributed by atoms with van der Waals surface area (Å²) >= 11 is 0. The lowest BCUT2D eigenvalue weighted by Crippen LogP contribution is -2.48. The first-order chi connectivity index (χ1) is 10.3. The Labute approximate surface area is 125 Å². The Kier molecular flexibility index (Phi) is 14.0. The predicted molar refractivity (Wildman–Crippen MR) is 72.7 cm³/mol. The summed E-state index contributed by atoms with van der Waals surface area (Å²) < 4.78 is 0. The monoisotopic (exact) mass is 324 g/mol. The van der Waals surface area contributed by atoms with Crippen molar-refractivity contribution in [3.63, 3.8) is 0 Å². The van der Waals surface area contributed by atoms with E-state index < -0.39 is 37.6 Å². The zero-order chi connectivity index (χ0) is 17.4. The van der Waals surface area contributed by atoms with Gasteiger partial charge in [-0.1, -0.05) is 0 Å². The van der Waals surface area contributed by atoms with Crippen LogP contribution in [0.5, 0.6) is 0 Å². The van der Waals surface area contributed by atoms with Crippen molar-refractivity contribution >= 4 is 24.1 Å². The van der Waals surface area contributed by atoms with Crippen molar-refractivity contribution in [2.24, 2.45) is 11.5 Å². The van der Waals surface area contributed by atoms with Crippen molar-refractivity contribution in [3.8, 4) is 0 Å². The van der Waals surface area contributed by atoms with Crippen molar-refractivity contribution in [1.29, 1.82) is 0 Å². The molecule has 128 valence electrons. The molecule has 0 rings (SSSR count). The third kappa shape index (κ3) is 19.3. The lowest BCUT2D eigenvalue weighted by molar-refractivity contribution is 0.216. The number of rotatable bonds is 6. The molecule has 0 atom stereocenters. The lowest BCUT2D eigenvalue weighted by Gasteiger charge is -2.08. The van der Waals surface area contributed by atoms with Crippen molar-refractivity contribution in [2.75, 3.05) is 26.8 Å². The van der Waals surface area contributed by atoms with Crippen molar-refractivity contribution in [2.45, 2.75) is 0 Å². The number of primary amides is 2. The number of hydrogen-bond acceptors (Lipinski definition) is 6. The van der Waals surface area contributed by atoms with Gasteiger partial charge in [-0.3, -0.25) is 0 Å². The standard InChI is InChI=1S/C6H14N6O4.C2H6N2O2/c7-4(14)8-1-9-5(15)10-2-11-6(16)12-3-13;3-2(6)4-1-5/h13H,1-3H2,(H3,7,8,14)(H2,9,10,15)(H2,11,12,16);5H,1H2,(H3,3,4,6). The average Bonchev–Trinajstić information content (AvgIpc) is 2.39. The Balaban J connectivity index is 0. The molecule has 14 nitrogen and oxygen atoms in total. The van der Waals surface area contributed by atoms with Crippen LogP contribution in [0.15, 0.2) is 0 Å². The van der Waals surface area contributed by atoms with Crippen LogP contribution in [0.3, 0.4) is 0 Å². The maximum Gasteiger partial charge on any atom is 0.317 e. The third-order valence-corrected chi connectivity index (χ3v) is 1.50. The highest BCUT2D eigenvalue weighted by atomic mass is 16.3. The van der Waals surface area contributed by atoms with Gasteiger partial charge < -0.3 is 53.6 Å².